The highest BCUT2D eigenvalue weighted by Gasteiger charge is 2.10. The van der Waals surface area contributed by atoms with Gasteiger partial charge in [-0.3, -0.25) is 9.69 Å². The van der Waals surface area contributed by atoms with Gasteiger partial charge in [0.25, 0.3) is 0 Å². The van der Waals surface area contributed by atoms with Crippen molar-refractivity contribution in [1.29, 1.82) is 0 Å². The zero-order valence-electron chi connectivity index (χ0n) is 12.3. The molecule has 1 aromatic carbocycles. The van der Waals surface area contributed by atoms with E-state index in [1.165, 1.54) is 4.88 Å². The highest BCUT2D eigenvalue weighted by molar-refractivity contribution is 7.98. The van der Waals surface area contributed by atoms with Crippen LogP contribution in [0.5, 0.6) is 0 Å². The Morgan fingerprint density at radius 3 is 2.86 bits per heavy atom. The number of benzene rings is 1. The fraction of sp³-hybridized carbons (Fsp3) is 0.312. The average Bonchev–Trinajstić information content (AvgIpc) is 2.99. The quantitative estimate of drug-likeness (QED) is 0.785. The highest BCUT2D eigenvalue weighted by Crippen LogP contribution is 2.19. The summed E-state index contributed by atoms with van der Waals surface area (Å²) in [6, 6.07) is 12.1. The minimum Gasteiger partial charge on any atom is -0.325 e. The first-order chi connectivity index (χ1) is 10.2. The molecule has 0 fully saturated rings. The molecule has 0 aliphatic heterocycles. The number of anilines is 1. The maximum atomic E-state index is 12.2. The minimum absolute atomic E-state index is 0.0339. The lowest BCUT2D eigenvalue weighted by atomic mass is 10.3. The van der Waals surface area contributed by atoms with Gasteiger partial charge < -0.3 is 5.32 Å². The standard InChI is InChI=1S/C16H20N2OS2/c1-3-18(11-15-8-5-9-21-15)12-16(19)17-13-6-4-7-14(10-13)20-2/h4-10H,3,11-12H2,1-2H3,(H,17,19). The molecule has 0 unspecified atom stereocenters. The molecule has 0 aliphatic carbocycles. The van der Waals surface area contributed by atoms with E-state index in [0.29, 0.717) is 6.54 Å². The lowest BCUT2D eigenvalue weighted by Gasteiger charge is -2.19. The molecule has 3 nitrogen and oxygen atoms in total. The van der Waals surface area contributed by atoms with Crippen LogP contribution in [0.3, 0.4) is 0 Å². The van der Waals surface area contributed by atoms with Crippen LogP contribution in [0.4, 0.5) is 5.69 Å². The Bertz CT molecular complexity index is 569. The number of likely N-dealkylation sites (N-methyl/N-ethyl adjacent to an activating group) is 1. The molecule has 112 valence electrons. The molecule has 1 heterocycles. The van der Waals surface area contributed by atoms with Crippen LogP contribution in [0.1, 0.15) is 11.8 Å². The van der Waals surface area contributed by atoms with Crippen molar-refractivity contribution in [2.24, 2.45) is 0 Å². The number of thiophene rings is 1. The fourth-order valence-corrected chi connectivity index (χ4v) is 3.21. The Balaban J connectivity index is 1.90. The Kier molecular flexibility index (Phi) is 6.29. The number of nitrogens with one attached hydrogen (secondary N) is 1. The molecule has 21 heavy (non-hydrogen) atoms. The number of hydrogen-bond acceptors (Lipinski definition) is 4. The number of nitrogens with zero attached hydrogens (tertiary/aromatic N) is 1. The van der Waals surface area contributed by atoms with Gasteiger partial charge in [0.15, 0.2) is 0 Å². The van der Waals surface area contributed by atoms with Crippen molar-refractivity contribution in [2.45, 2.75) is 18.4 Å². The molecule has 1 N–H and O–H groups in total. The molecular formula is C16H20N2OS2. The van der Waals surface area contributed by atoms with Crippen molar-refractivity contribution in [3.63, 3.8) is 0 Å². The Hall–Kier alpha value is -1.30. The molecule has 5 heteroatoms. The molecule has 1 amide bonds. The van der Waals surface area contributed by atoms with Gasteiger partial charge in [0, 0.05) is 22.0 Å². The second-order valence-electron chi connectivity index (χ2n) is 4.66. The Morgan fingerprint density at radius 2 is 2.19 bits per heavy atom. The highest BCUT2D eigenvalue weighted by atomic mass is 32.2. The van der Waals surface area contributed by atoms with Crippen LogP contribution < -0.4 is 5.32 Å². The van der Waals surface area contributed by atoms with Crippen molar-refractivity contribution in [2.75, 3.05) is 24.7 Å². The van der Waals surface area contributed by atoms with Gasteiger partial charge in [-0.05, 0) is 42.4 Å². The maximum Gasteiger partial charge on any atom is 0.238 e. The minimum atomic E-state index is 0.0339. The average molecular weight is 320 g/mol. The largest absolute Gasteiger partial charge is 0.325 e. The predicted octanol–water partition coefficient (Wildman–Crippen LogP) is 3.93. The van der Waals surface area contributed by atoms with E-state index in [4.69, 9.17) is 0 Å². The van der Waals surface area contributed by atoms with Crippen molar-refractivity contribution >= 4 is 34.7 Å². The Labute approximate surface area is 134 Å². The molecule has 2 rings (SSSR count). The first-order valence-corrected chi connectivity index (χ1v) is 9.00. The van der Waals surface area contributed by atoms with E-state index in [2.05, 4.69) is 28.6 Å². The van der Waals surface area contributed by atoms with Gasteiger partial charge >= 0.3 is 0 Å². The van der Waals surface area contributed by atoms with Crippen molar-refractivity contribution in [3.05, 3.63) is 46.7 Å². The van der Waals surface area contributed by atoms with Gasteiger partial charge in [0.05, 0.1) is 6.54 Å². The maximum absolute atomic E-state index is 12.2. The van der Waals surface area contributed by atoms with Crippen LogP contribution in [0.25, 0.3) is 0 Å². The van der Waals surface area contributed by atoms with Crippen LogP contribution in [-0.4, -0.2) is 30.2 Å². The lowest BCUT2D eigenvalue weighted by molar-refractivity contribution is -0.117. The monoisotopic (exact) mass is 320 g/mol. The predicted molar refractivity (Wildman–Crippen MR) is 92.1 cm³/mol. The summed E-state index contributed by atoms with van der Waals surface area (Å²) in [5.74, 6) is 0.0339. The lowest BCUT2D eigenvalue weighted by Crippen LogP contribution is -2.32. The first-order valence-electron chi connectivity index (χ1n) is 6.90. The number of carbonyl (C=O) groups excluding carboxylic acids is 1. The van der Waals surface area contributed by atoms with Crippen molar-refractivity contribution < 1.29 is 4.79 Å². The van der Waals surface area contributed by atoms with Gasteiger partial charge in [-0.25, -0.2) is 0 Å². The summed E-state index contributed by atoms with van der Waals surface area (Å²) in [7, 11) is 0. The summed E-state index contributed by atoms with van der Waals surface area (Å²) >= 11 is 3.40. The van der Waals surface area contributed by atoms with Gasteiger partial charge in [0.1, 0.15) is 0 Å². The first kappa shape index (κ1) is 16.1. The number of thioether (sulfide) groups is 1. The van der Waals surface area contributed by atoms with Crippen LogP contribution in [0, 0.1) is 0 Å². The van der Waals surface area contributed by atoms with E-state index >= 15 is 0 Å². The number of rotatable bonds is 7. The molecule has 0 atom stereocenters. The van der Waals surface area contributed by atoms with E-state index in [-0.39, 0.29) is 5.91 Å². The van der Waals surface area contributed by atoms with Crippen LogP contribution in [-0.2, 0) is 11.3 Å². The van der Waals surface area contributed by atoms with E-state index in [1.54, 1.807) is 23.1 Å². The van der Waals surface area contributed by atoms with E-state index < -0.39 is 0 Å². The van der Waals surface area contributed by atoms with Gasteiger partial charge in [-0.1, -0.05) is 19.1 Å². The summed E-state index contributed by atoms with van der Waals surface area (Å²) in [6.07, 6.45) is 2.03. The second-order valence-corrected chi connectivity index (χ2v) is 6.57. The second kappa shape index (κ2) is 8.22. The summed E-state index contributed by atoms with van der Waals surface area (Å²) in [5, 5.41) is 5.04. The summed E-state index contributed by atoms with van der Waals surface area (Å²) in [5.41, 5.74) is 0.860. The molecule has 0 spiro atoms. The third kappa shape index (κ3) is 5.19. The van der Waals surface area contributed by atoms with Crippen LogP contribution in [0.2, 0.25) is 0 Å². The molecule has 0 radical (unpaired) electrons. The molecule has 0 aliphatic rings. The topological polar surface area (TPSA) is 32.3 Å². The normalized spacial score (nSPS) is 10.8. The smallest absolute Gasteiger partial charge is 0.238 e. The summed E-state index contributed by atoms with van der Waals surface area (Å²) < 4.78 is 0. The molecule has 0 saturated heterocycles. The Morgan fingerprint density at radius 1 is 1.33 bits per heavy atom. The molecule has 2 aromatic rings. The molecular weight excluding hydrogens is 300 g/mol. The third-order valence-corrected chi connectivity index (χ3v) is 4.71. The van der Waals surface area contributed by atoms with Crippen molar-refractivity contribution in [1.82, 2.24) is 4.90 Å². The molecule has 0 saturated carbocycles. The fourth-order valence-electron chi connectivity index (χ4n) is 2.01. The van der Waals surface area contributed by atoms with Gasteiger partial charge in [-0.2, -0.15) is 0 Å². The number of amides is 1. The van der Waals surface area contributed by atoms with E-state index in [9.17, 15) is 4.79 Å². The third-order valence-electron chi connectivity index (χ3n) is 3.13. The summed E-state index contributed by atoms with van der Waals surface area (Å²) in [4.78, 5) is 16.7. The number of hydrogen-bond donors (Lipinski definition) is 1. The van der Waals surface area contributed by atoms with Crippen molar-refractivity contribution in [3.8, 4) is 0 Å². The van der Waals surface area contributed by atoms with E-state index in [1.807, 2.05) is 36.6 Å². The van der Waals surface area contributed by atoms with E-state index in [0.717, 1.165) is 23.7 Å². The number of carbonyl (C=O) groups is 1. The van der Waals surface area contributed by atoms with Gasteiger partial charge in [-0.15, -0.1) is 23.1 Å². The van der Waals surface area contributed by atoms with Crippen LogP contribution in [0.15, 0.2) is 46.7 Å². The molecule has 0 bridgehead atoms. The summed E-state index contributed by atoms with van der Waals surface area (Å²) in [6.45, 7) is 4.18. The van der Waals surface area contributed by atoms with Crippen LogP contribution >= 0.6 is 23.1 Å². The SMILES string of the molecule is CCN(CC(=O)Nc1cccc(SC)c1)Cc1cccs1. The molecule has 1 aromatic heterocycles. The van der Waals surface area contributed by atoms with Gasteiger partial charge in [0.2, 0.25) is 5.91 Å². The zero-order chi connectivity index (χ0) is 15.1. The zero-order valence-corrected chi connectivity index (χ0v) is 14.0.